The molecule has 0 aliphatic heterocycles. The summed E-state index contributed by atoms with van der Waals surface area (Å²) < 4.78 is 0. The fourth-order valence-corrected chi connectivity index (χ4v) is 2.99. The maximum absolute atomic E-state index is 13.0. The largest absolute Gasteiger partial charge is 0.337 e. The van der Waals surface area contributed by atoms with Crippen LogP contribution in [-0.4, -0.2) is 23.6 Å². The molecule has 0 bridgehead atoms. The van der Waals surface area contributed by atoms with Crippen molar-refractivity contribution in [1.82, 2.24) is 4.90 Å². The summed E-state index contributed by atoms with van der Waals surface area (Å²) in [5.74, 6) is -0.477. The molecule has 0 aliphatic rings. The molecule has 3 aromatic carbocycles. The van der Waals surface area contributed by atoms with E-state index >= 15 is 0 Å². The Bertz CT molecular complexity index is 1050. The zero-order valence-corrected chi connectivity index (χ0v) is 16.0. The molecule has 0 N–H and O–H groups in total. The summed E-state index contributed by atoms with van der Waals surface area (Å²) in [6.07, 6.45) is 0. The fourth-order valence-electron chi connectivity index (χ4n) is 2.86. The maximum Gasteiger partial charge on any atom is 0.254 e. The van der Waals surface area contributed by atoms with Crippen molar-refractivity contribution in [2.45, 2.75) is 6.54 Å². The average Bonchev–Trinajstić information content (AvgIpc) is 2.73. The Morgan fingerprint density at radius 1 is 0.929 bits per heavy atom. The van der Waals surface area contributed by atoms with Crippen LogP contribution in [0.25, 0.3) is 0 Å². The highest BCUT2D eigenvalue weighted by atomic mass is 35.5. The summed E-state index contributed by atoms with van der Waals surface area (Å²) in [5.41, 5.74) is 2.63. The monoisotopic (exact) mass is 388 g/mol. The summed E-state index contributed by atoms with van der Waals surface area (Å²) in [4.78, 5) is 27.4. The zero-order valence-electron chi connectivity index (χ0n) is 15.2. The van der Waals surface area contributed by atoms with E-state index in [2.05, 4.69) is 6.07 Å². The van der Waals surface area contributed by atoms with E-state index in [4.69, 9.17) is 16.9 Å². The Labute approximate surface area is 168 Å². The number of amides is 1. The molecule has 0 atom stereocenters. The second kappa shape index (κ2) is 8.51. The number of ketones is 1. The van der Waals surface area contributed by atoms with Crippen LogP contribution in [0.5, 0.6) is 0 Å². The van der Waals surface area contributed by atoms with Gasteiger partial charge < -0.3 is 4.90 Å². The van der Waals surface area contributed by atoms with Gasteiger partial charge in [0.15, 0.2) is 5.78 Å². The van der Waals surface area contributed by atoms with E-state index in [-0.39, 0.29) is 11.7 Å². The van der Waals surface area contributed by atoms with Crippen molar-refractivity contribution in [1.29, 1.82) is 5.26 Å². The Kier molecular flexibility index (Phi) is 5.88. The topological polar surface area (TPSA) is 61.2 Å². The number of benzene rings is 3. The van der Waals surface area contributed by atoms with Crippen LogP contribution in [0.4, 0.5) is 0 Å². The van der Waals surface area contributed by atoms with Gasteiger partial charge in [-0.3, -0.25) is 9.59 Å². The number of halogens is 1. The molecule has 28 heavy (non-hydrogen) atoms. The van der Waals surface area contributed by atoms with Crippen molar-refractivity contribution in [2.75, 3.05) is 7.05 Å². The molecular formula is C23H17ClN2O2. The molecule has 3 aromatic rings. The molecule has 138 valence electrons. The average molecular weight is 389 g/mol. The van der Waals surface area contributed by atoms with E-state index in [0.717, 1.165) is 5.56 Å². The molecule has 0 fully saturated rings. The Balaban J connectivity index is 1.84. The number of carbonyl (C=O) groups is 2. The molecule has 0 unspecified atom stereocenters. The van der Waals surface area contributed by atoms with Crippen LogP contribution in [0.3, 0.4) is 0 Å². The highest BCUT2D eigenvalue weighted by molar-refractivity contribution is 6.30. The quantitative estimate of drug-likeness (QED) is 0.594. The minimum atomic E-state index is -0.248. The Morgan fingerprint density at radius 3 is 2.14 bits per heavy atom. The van der Waals surface area contributed by atoms with Gasteiger partial charge in [0, 0.05) is 29.7 Å². The Hall–Kier alpha value is -3.42. The minimum Gasteiger partial charge on any atom is -0.337 e. The smallest absolute Gasteiger partial charge is 0.254 e. The van der Waals surface area contributed by atoms with E-state index < -0.39 is 0 Å². The molecule has 0 radical (unpaired) electrons. The van der Waals surface area contributed by atoms with Gasteiger partial charge in [0.25, 0.3) is 5.91 Å². The van der Waals surface area contributed by atoms with Gasteiger partial charge in [-0.1, -0.05) is 41.9 Å². The maximum atomic E-state index is 13.0. The normalized spacial score (nSPS) is 10.2. The molecule has 0 heterocycles. The SMILES string of the molecule is CN(Cc1ccc(C#N)cc1)C(=O)c1ccccc1C(=O)c1ccc(Cl)cc1. The third kappa shape index (κ3) is 4.28. The van der Waals surface area contributed by atoms with Crippen LogP contribution in [-0.2, 0) is 6.54 Å². The van der Waals surface area contributed by atoms with Gasteiger partial charge in [0.05, 0.1) is 17.2 Å². The first kappa shape index (κ1) is 19.3. The van der Waals surface area contributed by atoms with Crippen LogP contribution in [0.1, 0.15) is 37.4 Å². The van der Waals surface area contributed by atoms with Gasteiger partial charge in [0.2, 0.25) is 0 Å². The van der Waals surface area contributed by atoms with Crippen molar-refractivity contribution in [3.63, 3.8) is 0 Å². The first-order chi connectivity index (χ1) is 13.5. The molecule has 3 rings (SSSR count). The van der Waals surface area contributed by atoms with Crippen molar-refractivity contribution in [3.05, 3.63) is 106 Å². The van der Waals surface area contributed by atoms with Gasteiger partial charge in [-0.05, 0) is 48.0 Å². The fraction of sp³-hybridized carbons (Fsp3) is 0.0870. The Morgan fingerprint density at radius 2 is 1.54 bits per heavy atom. The van der Waals surface area contributed by atoms with Gasteiger partial charge in [-0.2, -0.15) is 5.26 Å². The van der Waals surface area contributed by atoms with E-state index in [9.17, 15) is 9.59 Å². The summed E-state index contributed by atoms with van der Waals surface area (Å²) >= 11 is 5.89. The van der Waals surface area contributed by atoms with Crippen LogP contribution >= 0.6 is 11.6 Å². The zero-order chi connectivity index (χ0) is 20.1. The summed E-state index contributed by atoms with van der Waals surface area (Å²) in [6.45, 7) is 0.369. The highest BCUT2D eigenvalue weighted by Crippen LogP contribution is 2.19. The minimum absolute atomic E-state index is 0.229. The first-order valence-corrected chi connectivity index (χ1v) is 9.01. The molecule has 0 spiro atoms. The molecule has 0 aromatic heterocycles. The van der Waals surface area contributed by atoms with Gasteiger partial charge >= 0.3 is 0 Å². The molecular weight excluding hydrogens is 372 g/mol. The molecule has 5 heteroatoms. The van der Waals surface area contributed by atoms with Gasteiger partial charge in [-0.25, -0.2) is 0 Å². The first-order valence-electron chi connectivity index (χ1n) is 8.63. The van der Waals surface area contributed by atoms with Crippen LogP contribution in [0.15, 0.2) is 72.8 Å². The number of hydrogen-bond donors (Lipinski definition) is 0. The highest BCUT2D eigenvalue weighted by Gasteiger charge is 2.20. The lowest BCUT2D eigenvalue weighted by atomic mass is 9.97. The van der Waals surface area contributed by atoms with Crippen molar-refractivity contribution in [2.24, 2.45) is 0 Å². The lowest BCUT2D eigenvalue weighted by Gasteiger charge is -2.19. The predicted octanol–water partition coefficient (Wildman–Crippen LogP) is 4.71. The van der Waals surface area contributed by atoms with Crippen molar-refractivity contribution < 1.29 is 9.59 Å². The van der Waals surface area contributed by atoms with Crippen LogP contribution in [0, 0.1) is 11.3 Å². The number of nitriles is 1. The van der Waals surface area contributed by atoms with Crippen molar-refractivity contribution >= 4 is 23.3 Å². The summed E-state index contributed by atoms with van der Waals surface area (Å²) in [5, 5.41) is 9.43. The molecule has 0 saturated heterocycles. The van der Waals surface area contributed by atoms with Gasteiger partial charge in [0.1, 0.15) is 0 Å². The number of nitrogens with zero attached hydrogens (tertiary/aromatic N) is 2. The number of carbonyl (C=O) groups excluding carboxylic acids is 2. The molecule has 1 amide bonds. The standard InChI is InChI=1S/C23H17ClN2O2/c1-26(15-17-8-6-16(14-25)7-9-17)23(28)21-5-3-2-4-20(21)22(27)18-10-12-19(24)13-11-18/h2-13H,15H2,1H3. The molecule has 0 aliphatic carbocycles. The lowest BCUT2D eigenvalue weighted by Crippen LogP contribution is -2.28. The van der Waals surface area contributed by atoms with E-state index in [0.29, 0.717) is 33.8 Å². The van der Waals surface area contributed by atoms with E-state index in [1.54, 1.807) is 72.6 Å². The second-order valence-electron chi connectivity index (χ2n) is 6.35. The predicted molar refractivity (Wildman–Crippen MR) is 108 cm³/mol. The lowest BCUT2D eigenvalue weighted by molar-refractivity contribution is 0.0780. The van der Waals surface area contributed by atoms with Crippen LogP contribution in [0.2, 0.25) is 5.02 Å². The molecule has 4 nitrogen and oxygen atoms in total. The van der Waals surface area contributed by atoms with E-state index in [1.165, 1.54) is 0 Å². The number of hydrogen-bond acceptors (Lipinski definition) is 3. The number of rotatable bonds is 5. The summed E-state index contributed by atoms with van der Waals surface area (Å²) in [6, 6.07) is 22.5. The van der Waals surface area contributed by atoms with Crippen molar-refractivity contribution in [3.8, 4) is 6.07 Å². The van der Waals surface area contributed by atoms with Gasteiger partial charge in [-0.15, -0.1) is 0 Å². The second-order valence-corrected chi connectivity index (χ2v) is 6.79. The van der Waals surface area contributed by atoms with E-state index in [1.807, 2.05) is 12.1 Å². The van der Waals surface area contributed by atoms with Crippen LogP contribution < -0.4 is 0 Å². The third-order valence-electron chi connectivity index (χ3n) is 4.36. The molecule has 0 saturated carbocycles. The third-order valence-corrected chi connectivity index (χ3v) is 4.61. The summed E-state index contributed by atoms with van der Waals surface area (Å²) in [7, 11) is 1.68.